The average Bonchev–Trinajstić information content (AvgIpc) is 3.14. The van der Waals surface area contributed by atoms with Gasteiger partial charge >= 0.3 is 11.9 Å². The molecule has 1 saturated heterocycles. The monoisotopic (exact) mass is 341 g/mol. The fourth-order valence-electron chi connectivity index (χ4n) is 3.00. The molecule has 2 N–H and O–H groups in total. The molecule has 2 rings (SSSR count). The van der Waals surface area contributed by atoms with Gasteiger partial charge in [-0.15, -0.1) is 0 Å². The summed E-state index contributed by atoms with van der Waals surface area (Å²) in [7, 11) is 0. The molecule has 7 nitrogen and oxygen atoms in total. The second kappa shape index (κ2) is 8.09. The summed E-state index contributed by atoms with van der Waals surface area (Å²) in [4.78, 5) is 25.9. The molecule has 7 heteroatoms. The third-order valence-electron chi connectivity index (χ3n) is 4.78. The predicted molar refractivity (Wildman–Crippen MR) is 86.0 cm³/mol. The summed E-state index contributed by atoms with van der Waals surface area (Å²) in [5.41, 5.74) is 0.876. The van der Waals surface area contributed by atoms with E-state index in [2.05, 4.69) is 4.90 Å². The molecular weight excluding hydrogens is 314 g/mol. The largest absolute Gasteiger partial charge is 0.460 e. The quantitative estimate of drug-likeness (QED) is 0.506. The maximum absolute atomic E-state index is 12.0. The molecule has 0 aliphatic carbocycles. The van der Waals surface area contributed by atoms with E-state index in [1.807, 2.05) is 19.9 Å². The summed E-state index contributed by atoms with van der Waals surface area (Å²) >= 11 is 0. The Kier molecular flexibility index (Phi) is 6.37. The fraction of sp³-hybridized carbons (Fsp3) is 0.765. The zero-order valence-corrected chi connectivity index (χ0v) is 14.5. The molecule has 136 valence electrons. The highest BCUT2D eigenvalue weighted by molar-refractivity contribution is 5.75. The van der Waals surface area contributed by atoms with Crippen LogP contribution in [-0.2, 0) is 19.1 Å². The standard InChI is InChI=1S/C17H27NO6/c1-4-10(2)16(21)24-13-6-8-18-7-5-12(14(13)18)9-23-17(22)15(20)11(3)19/h5,10-11,13-15,19-20H,4,6-9H2,1-3H3/t10-,11+,13-,14-,15-/m1/s1. The van der Waals surface area contributed by atoms with Crippen LogP contribution in [0.5, 0.6) is 0 Å². The molecule has 24 heavy (non-hydrogen) atoms. The van der Waals surface area contributed by atoms with Crippen molar-refractivity contribution in [3.8, 4) is 0 Å². The number of carbonyl (C=O) groups excluding carboxylic acids is 2. The lowest BCUT2D eigenvalue weighted by molar-refractivity contribution is -0.159. The highest BCUT2D eigenvalue weighted by Gasteiger charge is 2.42. The van der Waals surface area contributed by atoms with E-state index in [1.165, 1.54) is 6.92 Å². The number of hydrogen-bond acceptors (Lipinski definition) is 7. The lowest BCUT2D eigenvalue weighted by Gasteiger charge is -2.25. The molecule has 0 aromatic heterocycles. The van der Waals surface area contributed by atoms with Crippen molar-refractivity contribution in [1.29, 1.82) is 0 Å². The summed E-state index contributed by atoms with van der Waals surface area (Å²) in [6.45, 7) is 6.70. The second-order valence-electron chi connectivity index (χ2n) is 6.59. The number of aliphatic hydroxyl groups is 2. The van der Waals surface area contributed by atoms with E-state index < -0.39 is 18.2 Å². The van der Waals surface area contributed by atoms with E-state index in [0.29, 0.717) is 0 Å². The summed E-state index contributed by atoms with van der Waals surface area (Å²) in [5.74, 6) is -1.18. The normalized spacial score (nSPS) is 27.1. The molecule has 0 unspecified atom stereocenters. The van der Waals surface area contributed by atoms with Crippen molar-refractivity contribution in [2.75, 3.05) is 19.7 Å². The van der Waals surface area contributed by atoms with Gasteiger partial charge in [0.1, 0.15) is 12.7 Å². The molecule has 0 aromatic carbocycles. The van der Waals surface area contributed by atoms with Crippen molar-refractivity contribution < 1.29 is 29.3 Å². The molecule has 0 bridgehead atoms. The molecule has 5 atom stereocenters. The Balaban J connectivity index is 1.92. The van der Waals surface area contributed by atoms with Crippen LogP contribution in [0.1, 0.15) is 33.6 Å². The van der Waals surface area contributed by atoms with Gasteiger partial charge in [0.05, 0.1) is 18.1 Å². The summed E-state index contributed by atoms with van der Waals surface area (Å²) in [6.07, 6.45) is 0.496. The van der Waals surface area contributed by atoms with E-state index in [4.69, 9.17) is 9.47 Å². The average molecular weight is 341 g/mol. The molecule has 2 aliphatic rings. The highest BCUT2D eigenvalue weighted by Crippen LogP contribution is 2.32. The number of carbonyl (C=O) groups is 2. The maximum atomic E-state index is 12.0. The molecule has 0 aromatic rings. The van der Waals surface area contributed by atoms with Crippen molar-refractivity contribution in [2.24, 2.45) is 5.92 Å². The van der Waals surface area contributed by atoms with Crippen LogP contribution < -0.4 is 0 Å². The van der Waals surface area contributed by atoms with Crippen molar-refractivity contribution in [1.82, 2.24) is 4.90 Å². The Morgan fingerprint density at radius 1 is 1.33 bits per heavy atom. The van der Waals surface area contributed by atoms with Gasteiger partial charge in [-0.05, 0) is 25.3 Å². The molecule has 0 saturated carbocycles. The summed E-state index contributed by atoms with van der Waals surface area (Å²) < 4.78 is 10.7. The van der Waals surface area contributed by atoms with Crippen LogP contribution in [0, 0.1) is 5.92 Å². The SMILES string of the molecule is CC[C@@H](C)C(=O)O[C@@H]1CCN2CC=C(COC(=O)[C@H](O)[C@H](C)O)[C@H]12. The first kappa shape index (κ1) is 18.9. The van der Waals surface area contributed by atoms with E-state index in [1.54, 1.807) is 0 Å². The topological polar surface area (TPSA) is 96.3 Å². The van der Waals surface area contributed by atoms with E-state index in [0.717, 1.165) is 31.5 Å². The van der Waals surface area contributed by atoms with E-state index >= 15 is 0 Å². The number of rotatable bonds is 7. The number of esters is 2. The van der Waals surface area contributed by atoms with Crippen LogP contribution in [0.3, 0.4) is 0 Å². The van der Waals surface area contributed by atoms with Gasteiger partial charge in [0.25, 0.3) is 0 Å². The Hall–Kier alpha value is -1.44. The zero-order chi connectivity index (χ0) is 17.9. The first-order valence-electron chi connectivity index (χ1n) is 8.51. The van der Waals surface area contributed by atoms with Gasteiger partial charge in [0.15, 0.2) is 6.10 Å². The number of hydrogen-bond donors (Lipinski definition) is 2. The van der Waals surface area contributed by atoms with Gasteiger partial charge in [0, 0.05) is 13.1 Å². The minimum absolute atomic E-state index is 0.0289. The Morgan fingerprint density at radius 3 is 2.67 bits per heavy atom. The maximum Gasteiger partial charge on any atom is 0.338 e. The Bertz CT molecular complexity index is 503. The predicted octanol–water partition coefficient (Wildman–Crippen LogP) is 0.244. The van der Waals surface area contributed by atoms with Gasteiger partial charge in [-0.3, -0.25) is 9.69 Å². The second-order valence-corrected chi connectivity index (χ2v) is 6.59. The number of fused-ring (bicyclic) bond motifs is 1. The number of aliphatic hydroxyl groups excluding tert-OH is 2. The van der Waals surface area contributed by atoms with Crippen molar-refractivity contribution in [3.05, 3.63) is 11.6 Å². The molecule has 2 heterocycles. The molecule has 0 radical (unpaired) electrons. The van der Waals surface area contributed by atoms with Crippen molar-refractivity contribution in [2.45, 2.75) is 58.0 Å². The Morgan fingerprint density at radius 2 is 2.04 bits per heavy atom. The molecule has 1 fully saturated rings. The lowest BCUT2D eigenvalue weighted by Crippen LogP contribution is -2.38. The summed E-state index contributed by atoms with van der Waals surface area (Å²) in [6, 6.07) is -0.0745. The molecule has 2 aliphatic heterocycles. The molecular formula is C17H27NO6. The smallest absolute Gasteiger partial charge is 0.338 e. The van der Waals surface area contributed by atoms with Gasteiger partial charge in [0.2, 0.25) is 0 Å². The van der Waals surface area contributed by atoms with E-state index in [-0.39, 0.29) is 30.6 Å². The van der Waals surface area contributed by atoms with Crippen LogP contribution in [0.2, 0.25) is 0 Å². The van der Waals surface area contributed by atoms with Gasteiger partial charge in [-0.2, -0.15) is 0 Å². The van der Waals surface area contributed by atoms with Gasteiger partial charge in [-0.1, -0.05) is 19.9 Å². The van der Waals surface area contributed by atoms with Crippen molar-refractivity contribution >= 4 is 11.9 Å². The van der Waals surface area contributed by atoms with E-state index in [9.17, 15) is 19.8 Å². The van der Waals surface area contributed by atoms with Gasteiger partial charge in [-0.25, -0.2) is 4.79 Å². The van der Waals surface area contributed by atoms with Crippen LogP contribution in [0.4, 0.5) is 0 Å². The van der Waals surface area contributed by atoms with Gasteiger partial charge < -0.3 is 19.7 Å². The van der Waals surface area contributed by atoms with Crippen LogP contribution >= 0.6 is 0 Å². The first-order chi connectivity index (χ1) is 11.3. The fourth-order valence-corrected chi connectivity index (χ4v) is 3.00. The molecule has 0 spiro atoms. The zero-order valence-electron chi connectivity index (χ0n) is 14.5. The number of nitrogens with zero attached hydrogens (tertiary/aromatic N) is 1. The van der Waals surface area contributed by atoms with Crippen molar-refractivity contribution in [3.63, 3.8) is 0 Å². The van der Waals surface area contributed by atoms with Crippen LogP contribution in [0.25, 0.3) is 0 Å². The minimum atomic E-state index is -1.55. The lowest BCUT2D eigenvalue weighted by atomic mass is 10.0. The third-order valence-corrected chi connectivity index (χ3v) is 4.78. The third kappa shape index (κ3) is 4.15. The Labute approximate surface area is 142 Å². The minimum Gasteiger partial charge on any atom is -0.460 e. The highest BCUT2D eigenvalue weighted by atomic mass is 16.6. The van der Waals surface area contributed by atoms with Crippen LogP contribution in [-0.4, -0.2) is 71.1 Å². The summed E-state index contributed by atoms with van der Waals surface area (Å²) in [5, 5.41) is 18.7. The van der Waals surface area contributed by atoms with Crippen LogP contribution in [0.15, 0.2) is 11.6 Å². The molecule has 0 amide bonds. The first-order valence-corrected chi connectivity index (χ1v) is 8.51. The number of ether oxygens (including phenoxy) is 2.